The summed E-state index contributed by atoms with van der Waals surface area (Å²) in [6.45, 7) is 3.91. The maximum atomic E-state index is 12.1. The van der Waals surface area contributed by atoms with E-state index in [1.54, 1.807) is 0 Å². The zero-order valence-corrected chi connectivity index (χ0v) is 11.5. The molecule has 0 aliphatic heterocycles. The summed E-state index contributed by atoms with van der Waals surface area (Å²) >= 11 is 5.05. The van der Waals surface area contributed by atoms with Crippen LogP contribution in [0.2, 0.25) is 0 Å². The average molecular weight is 262 g/mol. The fourth-order valence-corrected chi connectivity index (χ4v) is 2.43. The van der Waals surface area contributed by atoms with Gasteiger partial charge in [0.25, 0.3) is 0 Å². The van der Waals surface area contributed by atoms with Crippen molar-refractivity contribution in [3.05, 3.63) is 29.3 Å². The predicted molar refractivity (Wildman–Crippen MR) is 77.6 cm³/mol. The van der Waals surface area contributed by atoms with Gasteiger partial charge in [0.15, 0.2) is 0 Å². The summed E-state index contributed by atoms with van der Waals surface area (Å²) < 4.78 is 0. The number of benzene rings is 1. The highest BCUT2D eigenvalue weighted by Gasteiger charge is 2.32. The molecule has 1 saturated carbocycles. The Bertz CT molecular complexity index is 495. The average Bonchev–Trinajstić information content (AvgIpc) is 3.11. The first-order valence-corrected chi connectivity index (χ1v) is 6.62. The number of aryl methyl sites for hydroxylation is 1. The van der Waals surface area contributed by atoms with Gasteiger partial charge in [-0.15, -0.1) is 0 Å². The van der Waals surface area contributed by atoms with Crippen LogP contribution in [0.5, 0.6) is 0 Å². The third-order valence-corrected chi connectivity index (χ3v) is 3.72. The maximum absolute atomic E-state index is 12.1. The van der Waals surface area contributed by atoms with Gasteiger partial charge in [0.2, 0.25) is 5.91 Å². The first kappa shape index (κ1) is 13.0. The van der Waals surface area contributed by atoms with Crippen molar-refractivity contribution in [1.82, 2.24) is 0 Å². The highest BCUT2D eigenvalue weighted by Crippen LogP contribution is 2.37. The number of hydrogen-bond acceptors (Lipinski definition) is 2. The summed E-state index contributed by atoms with van der Waals surface area (Å²) in [6, 6.07) is 5.68. The molecule has 1 amide bonds. The van der Waals surface area contributed by atoms with E-state index in [1.165, 1.54) is 0 Å². The number of rotatable bonds is 4. The zero-order valence-electron chi connectivity index (χ0n) is 10.7. The van der Waals surface area contributed by atoms with E-state index < -0.39 is 0 Å². The lowest BCUT2D eigenvalue weighted by Crippen LogP contribution is -2.24. The van der Waals surface area contributed by atoms with Crippen LogP contribution in [0.3, 0.4) is 0 Å². The van der Waals surface area contributed by atoms with Crippen molar-refractivity contribution in [2.24, 2.45) is 17.6 Å². The van der Waals surface area contributed by atoms with Gasteiger partial charge in [0.1, 0.15) is 4.99 Å². The van der Waals surface area contributed by atoms with Crippen molar-refractivity contribution in [1.29, 1.82) is 0 Å². The molecular formula is C14H18N2OS. The topological polar surface area (TPSA) is 55.1 Å². The smallest absolute Gasteiger partial charge is 0.227 e. The number of hydrogen-bond donors (Lipinski definition) is 2. The molecule has 2 rings (SSSR count). The number of anilines is 1. The lowest BCUT2D eigenvalue weighted by molar-refractivity contribution is -0.119. The quantitative estimate of drug-likeness (QED) is 0.820. The summed E-state index contributed by atoms with van der Waals surface area (Å²) in [7, 11) is 0. The van der Waals surface area contributed by atoms with Crippen molar-refractivity contribution in [3.63, 3.8) is 0 Å². The minimum absolute atomic E-state index is 0.0561. The van der Waals surface area contributed by atoms with Gasteiger partial charge in [-0.05, 0) is 37.3 Å². The Morgan fingerprint density at radius 2 is 2.17 bits per heavy atom. The first-order valence-electron chi connectivity index (χ1n) is 6.21. The molecule has 3 N–H and O–H groups in total. The van der Waals surface area contributed by atoms with Crippen LogP contribution >= 0.6 is 12.2 Å². The second kappa shape index (κ2) is 5.06. The molecule has 1 aromatic carbocycles. The van der Waals surface area contributed by atoms with Gasteiger partial charge in [-0.25, -0.2) is 0 Å². The number of thiocarbonyl (C=S) groups is 1. The molecule has 1 unspecified atom stereocenters. The maximum Gasteiger partial charge on any atom is 0.227 e. The van der Waals surface area contributed by atoms with Crippen LogP contribution in [0.25, 0.3) is 0 Å². The lowest BCUT2D eigenvalue weighted by Gasteiger charge is -2.15. The molecule has 18 heavy (non-hydrogen) atoms. The monoisotopic (exact) mass is 262 g/mol. The Morgan fingerprint density at radius 3 is 2.72 bits per heavy atom. The highest BCUT2D eigenvalue weighted by molar-refractivity contribution is 7.80. The summed E-state index contributed by atoms with van der Waals surface area (Å²) in [5.74, 6) is 0.661. The Kier molecular flexibility index (Phi) is 3.66. The van der Waals surface area contributed by atoms with E-state index in [0.29, 0.717) is 10.9 Å². The first-order chi connectivity index (χ1) is 8.50. The van der Waals surface area contributed by atoms with Crippen LogP contribution in [-0.4, -0.2) is 10.9 Å². The molecule has 1 atom stereocenters. The van der Waals surface area contributed by atoms with Crippen LogP contribution in [-0.2, 0) is 4.79 Å². The lowest BCUT2D eigenvalue weighted by atomic mass is 10.0. The third-order valence-electron chi connectivity index (χ3n) is 3.52. The Hall–Kier alpha value is -1.42. The van der Waals surface area contributed by atoms with E-state index in [1.807, 2.05) is 32.0 Å². The zero-order chi connectivity index (χ0) is 13.3. The highest BCUT2D eigenvalue weighted by atomic mass is 32.1. The number of carbonyl (C=O) groups is 1. The molecular weight excluding hydrogens is 244 g/mol. The van der Waals surface area contributed by atoms with Crippen molar-refractivity contribution < 1.29 is 4.79 Å². The number of amides is 1. The summed E-state index contributed by atoms with van der Waals surface area (Å²) in [5, 5.41) is 2.95. The van der Waals surface area contributed by atoms with E-state index in [0.717, 1.165) is 29.7 Å². The fourth-order valence-electron chi connectivity index (χ4n) is 2.16. The van der Waals surface area contributed by atoms with E-state index in [2.05, 4.69) is 5.32 Å². The van der Waals surface area contributed by atoms with Crippen LogP contribution in [0.15, 0.2) is 18.2 Å². The number of nitrogens with one attached hydrogen (secondary N) is 1. The van der Waals surface area contributed by atoms with E-state index in [9.17, 15) is 4.79 Å². The molecule has 0 radical (unpaired) electrons. The second-order valence-electron chi connectivity index (χ2n) is 4.98. The van der Waals surface area contributed by atoms with Gasteiger partial charge in [-0.3, -0.25) is 4.79 Å². The molecule has 3 nitrogen and oxygen atoms in total. The van der Waals surface area contributed by atoms with Crippen molar-refractivity contribution in [3.8, 4) is 0 Å². The van der Waals surface area contributed by atoms with E-state index >= 15 is 0 Å². The molecule has 0 spiro atoms. The minimum Gasteiger partial charge on any atom is -0.389 e. The molecule has 0 heterocycles. The Balaban J connectivity index is 2.20. The molecule has 0 bridgehead atoms. The summed E-state index contributed by atoms with van der Waals surface area (Å²) in [6.07, 6.45) is 2.31. The van der Waals surface area contributed by atoms with Crippen LogP contribution in [0.4, 0.5) is 5.69 Å². The third kappa shape index (κ3) is 2.70. The minimum atomic E-state index is 0.0561. The normalized spacial score (nSPS) is 16.1. The largest absolute Gasteiger partial charge is 0.389 e. The molecule has 0 aromatic heterocycles. The number of carbonyl (C=O) groups excluding carboxylic acids is 1. The predicted octanol–water partition coefficient (Wildman–Crippen LogP) is 2.61. The molecule has 1 aliphatic rings. The van der Waals surface area contributed by atoms with Gasteiger partial charge in [-0.2, -0.15) is 0 Å². The Morgan fingerprint density at radius 1 is 1.50 bits per heavy atom. The molecule has 1 aliphatic carbocycles. The molecule has 4 heteroatoms. The molecule has 1 aromatic rings. The number of nitrogens with two attached hydrogens (primary N) is 1. The van der Waals surface area contributed by atoms with Gasteiger partial charge in [0.05, 0.1) is 5.69 Å². The van der Waals surface area contributed by atoms with Crippen molar-refractivity contribution in [2.45, 2.75) is 26.7 Å². The van der Waals surface area contributed by atoms with E-state index in [4.69, 9.17) is 18.0 Å². The Labute approximate surface area is 113 Å². The SMILES string of the molecule is Cc1cccc(NC(=O)C(C)C2CC2)c1C(N)=S. The summed E-state index contributed by atoms with van der Waals surface area (Å²) in [4.78, 5) is 12.4. The standard InChI is InChI=1S/C14H18N2OS/c1-8-4-3-5-11(12(8)13(15)18)16-14(17)9(2)10-6-7-10/h3-5,9-10H,6-7H2,1-2H3,(H2,15,18)(H,16,17). The van der Waals surface area contributed by atoms with Crippen molar-refractivity contribution in [2.75, 3.05) is 5.32 Å². The summed E-state index contributed by atoms with van der Waals surface area (Å²) in [5.41, 5.74) is 8.19. The fraction of sp³-hybridized carbons (Fsp3) is 0.429. The second-order valence-corrected chi connectivity index (χ2v) is 5.42. The molecule has 96 valence electrons. The van der Waals surface area contributed by atoms with Gasteiger partial charge in [-0.1, -0.05) is 31.3 Å². The van der Waals surface area contributed by atoms with Gasteiger partial charge in [0, 0.05) is 11.5 Å². The molecule has 1 fully saturated rings. The van der Waals surface area contributed by atoms with Crippen LogP contribution < -0.4 is 11.1 Å². The van der Waals surface area contributed by atoms with Crippen LogP contribution in [0, 0.1) is 18.8 Å². The van der Waals surface area contributed by atoms with Crippen molar-refractivity contribution >= 4 is 28.8 Å². The van der Waals surface area contributed by atoms with E-state index in [-0.39, 0.29) is 11.8 Å². The van der Waals surface area contributed by atoms with Crippen LogP contribution in [0.1, 0.15) is 30.9 Å². The molecule has 0 saturated heterocycles. The van der Waals surface area contributed by atoms with Gasteiger partial charge < -0.3 is 11.1 Å². The van der Waals surface area contributed by atoms with Gasteiger partial charge >= 0.3 is 0 Å².